The van der Waals surface area contributed by atoms with Gasteiger partial charge in [-0.05, 0) is 54.7 Å². The van der Waals surface area contributed by atoms with Gasteiger partial charge in [0.05, 0.1) is 6.61 Å². The molecular formula is C25H31Cl3N2O2. The summed E-state index contributed by atoms with van der Waals surface area (Å²) in [7, 11) is 0. The van der Waals surface area contributed by atoms with Crippen molar-refractivity contribution in [2.24, 2.45) is 0 Å². The number of halogens is 3. The summed E-state index contributed by atoms with van der Waals surface area (Å²) in [5, 5.41) is 2.91. The number of ether oxygens (including phenoxy) is 1. The van der Waals surface area contributed by atoms with Gasteiger partial charge >= 0.3 is 0 Å². The van der Waals surface area contributed by atoms with Crippen LogP contribution in [-0.2, 0) is 0 Å². The Morgan fingerprint density at radius 3 is 2.12 bits per heavy atom. The normalized spacial score (nSPS) is 15.9. The Hall–Kier alpha value is -1.46. The standard InChI is InChI=1S/C25H31Cl3N2O2/c1-2-3-7-18-32-22-14-12-20(13-15-22)19-8-10-21(11-9-19)23(31)29-24(25(26,27)28)30-16-5-4-6-17-30/h8-15,24H,2-7,16-18H2,1H3,(H,29,31). The minimum atomic E-state index is -1.60. The van der Waals surface area contributed by atoms with E-state index in [1.807, 2.05) is 41.3 Å². The van der Waals surface area contributed by atoms with Crippen molar-refractivity contribution in [1.82, 2.24) is 10.2 Å². The summed E-state index contributed by atoms with van der Waals surface area (Å²) in [4.78, 5) is 14.9. The lowest BCUT2D eigenvalue weighted by Gasteiger charge is -2.38. The van der Waals surface area contributed by atoms with E-state index < -0.39 is 9.96 Å². The van der Waals surface area contributed by atoms with Crippen molar-refractivity contribution in [2.45, 2.75) is 55.4 Å². The van der Waals surface area contributed by atoms with E-state index >= 15 is 0 Å². The molecule has 0 saturated carbocycles. The summed E-state index contributed by atoms with van der Waals surface area (Å²) >= 11 is 18.6. The second-order valence-corrected chi connectivity index (χ2v) is 10.5. The third kappa shape index (κ3) is 7.28. The van der Waals surface area contributed by atoms with Gasteiger partial charge in [0, 0.05) is 18.7 Å². The summed E-state index contributed by atoms with van der Waals surface area (Å²) in [5.74, 6) is 0.616. The fourth-order valence-electron chi connectivity index (χ4n) is 3.86. The topological polar surface area (TPSA) is 41.6 Å². The zero-order chi connectivity index (χ0) is 23.0. The van der Waals surface area contributed by atoms with Crippen LogP contribution < -0.4 is 10.1 Å². The molecule has 0 aromatic heterocycles. The van der Waals surface area contributed by atoms with E-state index in [4.69, 9.17) is 39.5 Å². The maximum atomic E-state index is 12.9. The molecule has 0 bridgehead atoms. The zero-order valence-corrected chi connectivity index (χ0v) is 20.7. The fraction of sp³-hybridized carbons (Fsp3) is 0.480. The molecule has 1 atom stereocenters. The second-order valence-electron chi connectivity index (χ2n) is 8.17. The predicted octanol–water partition coefficient (Wildman–Crippen LogP) is 6.83. The number of nitrogens with zero attached hydrogens (tertiary/aromatic N) is 1. The Bertz CT molecular complexity index is 845. The fourth-order valence-corrected chi connectivity index (χ4v) is 4.44. The summed E-state index contributed by atoms with van der Waals surface area (Å²) in [6.45, 7) is 4.52. The largest absolute Gasteiger partial charge is 0.494 e. The van der Waals surface area contributed by atoms with Crippen LogP contribution in [0.1, 0.15) is 55.8 Å². The van der Waals surface area contributed by atoms with E-state index in [0.717, 1.165) is 62.3 Å². The van der Waals surface area contributed by atoms with Crippen LogP contribution in [0.25, 0.3) is 11.1 Å². The van der Waals surface area contributed by atoms with E-state index in [2.05, 4.69) is 12.2 Å². The van der Waals surface area contributed by atoms with Crippen molar-refractivity contribution >= 4 is 40.7 Å². The van der Waals surface area contributed by atoms with Gasteiger partial charge in [-0.3, -0.25) is 9.69 Å². The minimum Gasteiger partial charge on any atom is -0.494 e. The van der Waals surface area contributed by atoms with Crippen LogP contribution in [-0.4, -0.2) is 40.5 Å². The highest BCUT2D eigenvalue weighted by Gasteiger charge is 2.39. The van der Waals surface area contributed by atoms with E-state index in [9.17, 15) is 4.79 Å². The van der Waals surface area contributed by atoms with E-state index in [0.29, 0.717) is 5.56 Å². The highest BCUT2D eigenvalue weighted by atomic mass is 35.6. The molecule has 1 fully saturated rings. The van der Waals surface area contributed by atoms with Crippen LogP contribution in [0, 0.1) is 0 Å². The van der Waals surface area contributed by atoms with Gasteiger partial charge in [-0.25, -0.2) is 0 Å². The van der Waals surface area contributed by atoms with Crippen LogP contribution in [0.5, 0.6) is 5.75 Å². The first-order valence-corrected chi connectivity index (χ1v) is 12.5. The highest BCUT2D eigenvalue weighted by Crippen LogP contribution is 2.33. The molecular weight excluding hydrogens is 467 g/mol. The summed E-state index contributed by atoms with van der Waals surface area (Å²) in [6.07, 6.45) is 5.99. The van der Waals surface area contributed by atoms with Crippen molar-refractivity contribution in [3.05, 3.63) is 54.1 Å². The Kier molecular flexibility index (Phi) is 9.54. The van der Waals surface area contributed by atoms with Gasteiger partial charge < -0.3 is 10.1 Å². The molecule has 174 valence electrons. The van der Waals surface area contributed by atoms with E-state index in [-0.39, 0.29) is 5.91 Å². The molecule has 1 aliphatic heterocycles. The summed E-state index contributed by atoms with van der Waals surface area (Å²) in [6, 6.07) is 15.5. The lowest BCUT2D eigenvalue weighted by molar-refractivity contribution is 0.0819. The number of alkyl halides is 3. The highest BCUT2D eigenvalue weighted by molar-refractivity contribution is 6.68. The molecule has 1 saturated heterocycles. The van der Waals surface area contributed by atoms with Gasteiger partial charge in [0.2, 0.25) is 3.79 Å². The van der Waals surface area contributed by atoms with Crippen LogP contribution >= 0.6 is 34.8 Å². The smallest absolute Gasteiger partial charge is 0.252 e. The molecule has 0 spiro atoms. The van der Waals surface area contributed by atoms with E-state index in [1.54, 1.807) is 12.1 Å². The van der Waals surface area contributed by atoms with Crippen molar-refractivity contribution < 1.29 is 9.53 Å². The van der Waals surface area contributed by atoms with Gasteiger partial charge in [-0.15, -0.1) is 0 Å². The third-order valence-electron chi connectivity index (χ3n) is 5.69. The van der Waals surface area contributed by atoms with Gasteiger partial charge in [-0.2, -0.15) is 0 Å². The number of hydrogen-bond donors (Lipinski definition) is 1. The average Bonchev–Trinajstić information content (AvgIpc) is 2.80. The molecule has 3 rings (SSSR count). The number of nitrogens with one attached hydrogen (secondary N) is 1. The van der Waals surface area contributed by atoms with Crippen molar-refractivity contribution in [3.63, 3.8) is 0 Å². The number of carbonyl (C=O) groups excluding carboxylic acids is 1. The van der Waals surface area contributed by atoms with Crippen LogP contribution in [0.4, 0.5) is 0 Å². The third-order valence-corrected chi connectivity index (χ3v) is 6.31. The first-order chi connectivity index (χ1) is 15.4. The maximum absolute atomic E-state index is 12.9. The van der Waals surface area contributed by atoms with Gasteiger partial charge in [0.15, 0.2) is 0 Å². The molecule has 32 heavy (non-hydrogen) atoms. The van der Waals surface area contributed by atoms with Crippen molar-refractivity contribution in [1.29, 1.82) is 0 Å². The average molecular weight is 498 g/mol. The molecule has 1 unspecified atom stereocenters. The Balaban J connectivity index is 1.62. The Morgan fingerprint density at radius 2 is 1.56 bits per heavy atom. The maximum Gasteiger partial charge on any atom is 0.252 e. The number of piperidine rings is 1. The first-order valence-electron chi connectivity index (χ1n) is 11.3. The monoisotopic (exact) mass is 496 g/mol. The summed E-state index contributed by atoms with van der Waals surface area (Å²) < 4.78 is 4.17. The van der Waals surface area contributed by atoms with E-state index in [1.165, 1.54) is 12.8 Å². The quantitative estimate of drug-likeness (QED) is 0.305. The molecule has 0 aliphatic carbocycles. The van der Waals surface area contributed by atoms with Crippen LogP contribution in [0.15, 0.2) is 48.5 Å². The molecule has 4 nitrogen and oxygen atoms in total. The molecule has 0 radical (unpaired) electrons. The summed E-state index contributed by atoms with van der Waals surface area (Å²) in [5.41, 5.74) is 2.61. The molecule has 1 aliphatic rings. The Labute approximate surface area is 206 Å². The van der Waals surface area contributed by atoms with Crippen molar-refractivity contribution in [3.8, 4) is 16.9 Å². The number of hydrogen-bond acceptors (Lipinski definition) is 3. The van der Waals surface area contributed by atoms with Crippen LogP contribution in [0.3, 0.4) is 0 Å². The minimum absolute atomic E-state index is 0.255. The molecule has 2 aromatic rings. The molecule has 1 amide bonds. The number of unbranched alkanes of at least 4 members (excludes halogenated alkanes) is 2. The van der Waals surface area contributed by atoms with Crippen molar-refractivity contribution in [2.75, 3.05) is 19.7 Å². The molecule has 2 aromatic carbocycles. The number of amides is 1. The number of carbonyl (C=O) groups is 1. The van der Waals surface area contributed by atoms with Crippen LogP contribution in [0.2, 0.25) is 0 Å². The van der Waals surface area contributed by atoms with Gasteiger partial charge in [0.25, 0.3) is 5.91 Å². The second kappa shape index (κ2) is 12.1. The molecule has 7 heteroatoms. The van der Waals surface area contributed by atoms with Gasteiger partial charge in [-0.1, -0.05) is 85.3 Å². The lowest BCUT2D eigenvalue weighted by atomic mass is 10.0. The Morgan fingerprint density at radius 1 is 0.969 bits per heavy atom. The predicted molar refractivity (Wildman–Crippen MR) is 134 cm³/mol. The number of likely N-dealkylation sites (tertiary alicyclic amines) is 1. The SMILES string of the molecule is CCCCCOc1ccc(-c2ccc(C(=O)NC(N3CCCCC3)C(Cl)(Cl)Cl)cc2)cc1. The number of rotatable bonds is 9. The molecule has 1 heterocycles. The zero-order valence-electron chi connectivity index (χ0n) is 18.5. The molecule has 1 N–H and O–H groups in total. The van der Waals surface area contributed by atoms with Gasteiger partial charge in [0.1, 0.15) is 11.9 Å². The lowest BCUT2D eigenvalue weighted by Crippen LogP contribution is -2.56. The first kappa shape index (κ1) is 25.2. The number of benzene rings is 2.